The van der Waals surface area contributed by atoms with Crippen LogP contribution in [0.2, 0.25) is 0 Å². The summed E-state index contributed by atoms with van der Waals surface area (Å²) in [6.07, 6.45) is 7.64. The Bertz CT molecular complexity index is 578. The average molecular weight is 314 g/mol. The first-order chi connectivity index (χ1) is 11.0. The molecular formula is C18H26N4O. The molecule has 1 aromatic heterocycles. The fraction of sp³-hybridized carbons (Fsp3) is 0.667. The van der Waals surface area contributed by atoms with Crippen LogP contribution in [0.1, 0.15) is 38.5 Å². The lowest BCUT2D eigenvalue weighted by atomic mass is 9.53. The number of carbonyl (C=O) groups excluding carboxylic acids is 1. The lowest BCUT2D eigenvalue weighted by Crippen LogP contribution is -2.60. The van der Waals surface area contributed by atoms with E-state index in [1.165, 1.54) is 38.5 Å². The van der Waals surface area contributed by atoms with E-state index in [0.717, 1.165) is 23.6 Å². The van der Waals surface area contributed by atoms with Gasteiger partial charge in [-0.1, -0.05) is 6.07 Å². The zero-order valence-corrected chi connectivity index (χ0v) is 14.0. The minimum Gasteiger partial charge on any atom is -0.363 e. The molecule has 4 fully saturated rings. The number of anilines is 2. The Morgan fingerprint density at radius 1 is 1.13 bits per heavy atom. The Morgan fingerprint density at radius 3 is 2.30 bits per heavy atom. The molecule has 0 atom stereocenters. The summed E-state index contributed by atoms with van der Waals surface area (Å²) >= 11 is 0. The van der Waals surface area contributed by atoms with Crippen molar-refractivity contribution in [3.05, 3.63) is 18.2 Å². The van der Waals surface area contributed by atoms with Crippen LogP contribution in [0.15, 0.2) is 18.2 Å². The first-order valence-electron chi connectivity index (χ1n) is 8.75. The van der Waals surface area contributed by atoms with Gasteiger partial charge in [0.15, 0.2) is 0 Å². The molecule has 4 bridgehead atoms. The molecule has 1 heterocycles. The van der Waals surface area contributed by atoms with Gasteiger partial charge in [0.05, 0.1) is 0 Å². The summed E-state index contributed by atoms with van der Waals surface area (Å²) in [6.45, 7) is 0. The van der Waals surface area contributed by atoms with E-state index >= 15 is 0 Å². The van der Waals surface area contributed by atoms with E-state index in [-0.39, 0.29) is 11.6 Å². The van der Waals surface area contributed by atoms with Crippen molar-refractivity contribution >= 4 is 17.7 Å². The van der Waals surface area contributed by atoms with Crippen molar-refractivity contribution in [2.24, 2.45) is 17.8 Å². The van der Waals surface area contributed by atoms with Crippen molar-refractivity contribution in [1.82, 2.24) is 10.3 Å². The third kappa shape index (κ3) is 2.89. The van der Waals surface area contributed by atoms with E-state index in [4.69, 9.17) is 0 Å². The highest BCUT2D eigenvalue weighted by Gasteiger charge is 2.51. The largest absolute Gasteiger partial charge is 0.363 e. The molecule has 5 heteroatoms. The van der Waals surface area contributed by atoms with Gasteiger partial charge >= 0.3 is 6.03 Å². The smallest absolute Gasteiger partial charge is 0.320 e. The molecule has 0 radical (unpaired) electrons. The lowest BCUT2D eigenvalue weighted by Gasteiger charge is -2.56. The van der Waals surface area contributed by atoms with Crippen LogP contribution < -0.4 is 15.5 Å². The molecule has 0 saturated heterocycles. The minimum atomic E-state index is -0.102. The topological polar surface area (TPSA) is 57.3 Å². The number of nitrogens with zero attached hydrogens (tertiary/aromatic N) is 2. The Kier molecular flexibility index (Phi) is 3.47. The summed E-state index contributed by atoms with van der Waals surface area (Å²) in [6, 6.07) is 5.59. The molecule has 0 aliphatic heterocycles. The molecular weight excluding hydrogens is 288 g/mol. The van der Waals surface area contributed by atoms with Crippen LogP contribution >= 0.6 is 0 Å². The Morgan fingerprint density at radius 2 is 1.74 bits per heavy atom. The van der Waals surface area contributed by atoms with Gasteiger partial charge in [-0.3, -0.25) is 5.32 Å². The van der Waals surface area contributed by atoms with Crippen molar-refractivity contribution in [2.75, 3.05) is 24.3 Å². The number of hydrogen-bond donors (Lipinski definition) is 2. The quantitative estimate of drug-likeness (QED) is 0.900. The SMILES string of the molecule is CN(C)c1cccc(NC(=O)NC23CC4CC(CC(C4)C2)C3)n1. The molecule has 23 heavy (non-hydrogen) atoms. The molecule has 4 aliphatic rings. The molecule has 2 N–H and O–H groups in total. The molecule has 5 nitrogen and oxygen atoms in total. The van der Waals surface area contributed by atoms with Crippen LogP contribution in [0.4, 0.5) is 16.4 Å². The van der Waals surface area contributed by atoms with E-state index in [1.54, 1.807) is 0 Å². The number of nitrogens with one attached hydrogen (secondary N) is 2. The number of hydrogen-bond acceptors (Lipinski definition) is 3. The zero-order valence-electron chi connectivity index (χ0n) is 14.0. The number of urea groups is 1. The number of pyridine rings is 1. The van der Waals surface area contributed by atoms with E-state index in [9.17, 15) is 4.79 Å². The summed E-state index contributed by atoms with van der Waals surface area (Å²) in [5.74, 6) is 3.95. The number of amides is 2. The van der Waals surface area contributed by atoms with Gasteiger partial charge in [0.1, 0.15) is 11.6 Å². The minimum absolute atomic E-state index is 0.0397. The van der Waals surface area contributed by atoms with Gasteiger partial charge in [-0.25, -0.2) is 9.78 Å². The molecule has 4 aliphatic carbocycles. The average Bonchev–Trinajstić information content (AvgIpc) is 2.45. The standard InChI is InChI=1S/C18H26N4O/c1-22(2)16-5-3-4-15(19-16)20-17(23)21-18-9-12-6-13(10-18)8-14(7-12)11-18/h3-5,12-14H,6-11H2,1-2H3,(H2,19,20,21,23). The van der Waals surface area contributed by atoms with E-state index in [2.05, 4.69) is 15.6 Å². The highest BCUT2D eigenvalue weighted by atomic mass is 16.2. The molecule has 5 rings (SSSR count). The number of carbonyl (C=O) groups is 1. The monoisotopic (exact) mass is 314 g/mol. The van der Waals surface area contributed by atoms with Gasteiger partial charge in [0, 0.05) is 19.6 Å². The van der Waals surface area contributed by atoms with Gasteiger partial charge in [-0.2, -0.15) is 0 Å². The van der Waals surface area contributed by atoms with Crippen molar-refractivity contribution in [3.8, 4) is 0 Å². The van der Waals surface area contributed by atoms with Gasteiger partial charge < -0.3 is 10.2 Å². The number of aromatic nitrogens is 1. The second kappa shape index (κ2) is 5.39. The van der Waals surface area contributed by atoms with Crippen LogP contribution in [0.3, 0.4) is 0 Å². The summed E-state index contributed by atoms with van der Waals surface area (Å²) < 4.78 is 0. The van der Waals surface area contributed by atoms with Gasteiger partial charge in [0.2, 0.25) is 0 Å². The Hall–Kier alpha value is -1.78. The summed E-state index contributed by atoms with van der Waals surface area (Å²) in [5.41, 5.74) is 0.0397. The van der Waals surface area contributed by atoms with Crippen LogP contribution in [0.5, 0.6) is 0 Å². The molecule has 0 unspecified atom stereocenters. The summed E-state index contributed by atoms with van der Waals surface area (Å²) in [5, 5.41) is 6.24. The lowest BCUT2D eigenvalue weighted by molar-refractivity contribution is -0.0127. The van der Waals surface area contributed by atoms with Crippen molar-refractivity contribution in [3.63, 3.8) is 0 Å². The molecule has 124 valence electrons. The van der Waals surface area contributed by atoms with Crippen molar-refractivity contribution in [2.45, 2.75) is 44.1 Å². The first kappa shape index (κ1) is 14.8. The van der Waals surface area contributed by atoms with E-state index in [1.807, 2.05) is 37.2 Å². The molecule has 0 spiro atoms. The first-order valence-corrected chi connectivity index (χ1v) is 8.75. The summed E-state index contributed by atoms with van der Waals surface area (Å²) in [7, 11) is 3.89. The van der Waals surface area contributed by atoms with Crippen LogP contribution in [-0.2, 0) is 0 Å². The maximum atomic E-state index is 12.5. The molecule has 0 aromatic carbocycles. The normalized spacial score (nSPS) is 34.3. The highest BCUT2D eigenvalue weighted by Crippen LogP contribution is 2.55. The van der Waals surface area contributed by atoms with E-state index in [0.29, 0.717) is 5.82 Å². The van der Waals surface area contributed by atoms with Crippen molar-refractivity contribution < 1.29 is 4.79 Å². The second-order valence-corrected chi connectivity index (χ2v) is 8.05. The van der Waals surface area contributed by atoms with E-state index < -0.39 is 0 Å². The maximum Gasteiger partial charge on any atom is 0.320 e. The fourth-order valence-electron chi connectivity index (χ4n) is 5.39. The van der Waals surface area contributed by atoms with Gasteiger partial charge in [-0.05, 0) is 68.4 Å². The van der Waals surface area contributed by atoms with Crippen LogP contribution in [-0.4, -0.2) is 30.6 Å². The predicted molar refractivity (Wildman–Crippen MR) is 91.6 cm³/mol. The molecule has 4 saturated carbocycles. The van der Waals surface area contributed by atoms with Crippen LogP contribution in [0, 0.1) is 17.8 Å². The van der Waals surface area contributed by atoms with Crippen LogP contribution in [0.25, 0.3) is 0 Å². The van der Waals surface area contributed by atoms with Gasteiger partial charge in [-0.15, -0.1) is 0 Å². The summed E-state index contributed by atoms with van der Waals surface area (Å²) in [4.78, 5) is 18.9. The Balaban J connectivity index is 1.43. The van der Waals surface area contributed by atoms with Crippen molar-refractivity contribution in [1.29, 1.82) is 0 Å². The third-order valence-corrected chi connectivity index (χ3v) is 5.85. The molecule has 1 aromatic rings. The molecule has 2 amide bonds. The maximum absolute atomic E-state index is 12.5. The third-order valence-electron chi connectivity index (χ3n) is 5.85. The predicted octanol–water partition coefficient (Wildman–Crippen LogP) is 3.24. The van der Waals surface area contributed by atoms with Gasteiger partial charge in [0.25, 0.3) is 0 Å². The Labute approximate surface area is 137 Å². The second-order valence-electron chi connectivity index (χ2n) is 8.05. The zero-order chi connectivity index (χ0) is 16.0. The highest BCUT2D eigenvalue weighted by molar-refractivity contribution is 5.89. The fourth-order valence-corrected chi connectivity index (χ4v) is 5.39. The number of rotatable bonds is 3.